The highest BCUT2D eigenvalue weighted by Gasteiger charge is 2.31. The zero-order valence-corrected chi connectivity index (χ0v) is 10.8. The maximum absolute atomic E-state index is 12.6. The molecule has 0 unspecified atom stereocenters. The average molecular weight is 272 g/mol. The third-order valence-corrected chi connectivity index (χ3v) is 2.72. The van der Waals surface area contributed by atoms with Crippen LogP contribution < -0.4 is 0 Å². The van der Waals surface area contributed by atoms with Crippen molar-refractivity contribution in [1.82, 2.24) is 0 Å². The number of carbonyl (C=O) groups is 1. The van der Waals surface area contributed by atoms with Gasteiger partial charge in [0.25, 0.3) is 0 Å². The first-order valence-electron chi connectivity index (χ1n) is 5.80. The first-order chi connectivity index (χ1) is 8.77. The normalized spacial score (nSPS) is 12.9. The molecule has 0 N–H and O–H groups in total. The molecule has 19 heavy (non-hydrogen) atoms. The van der Waals surface area contributed by atoms with Gasteiger partial charge in [0.2, 0.25) is 0 Å². The van der Waals surface area contributed by atoms with Gasteiger partial charge in [-0.3, -0.25) is 4.79 Å². The van der Waals surface area contributed by atoms with Crippen molar-refractivity contribution in [2.24, 2.45) is 5.92 Å². The fourth-order valence-electron chi connectivity index (χ4n) is 1.55. The molecule has 2 nitrogen and oxygen atoms in total. The van der Waals surface area contributed by atoms with E-state index in [-0.39, 0.29) is 12.2 Å². The SMILES string of the molecule is C=C(c1cccc(C(F)(F)F)c1)[C@@H](C)C(=O)OCC. The van der Waals surface area contributed by atoms with E-state index in [0.717, 1.165) is 12.1 Å². The number of alkyl halides is 3. The molecule has 1 rings (SSSR count). The molecule has 0 radical (unpaired) electrons. The van der Waals surface area contributed by atoms with E-state index in [0.29, 0.717) is 5.57 Å². The van der Waals surface area contributed by atoms with Gasteiger partial charge in [0, 0.05) is 0 Å². The highest BCUT2D eigenvalue weighted by Crippen LogP contribution is 2.32. The van der Waals surface area contributed by atoms with Gasteiger partial charge in [-0.2, -0.15) is 13.2 Å². The van der Waals surface area contributed by atoms with Gasteiger partial charge >= 0.3 is 12.1 Å². The van der Waals surface area contributed by atoms with Crippen LogP contribution in [0.4, 0.5) is 13.2 Å². The zero-order valence-electron chi connectivity index (χ0n) is 10.8. The maximum Gasteiger partial charge on any atom is 0.416 e. The molecule has 0 aliphatic rings. The van der Waals surface area contributed by atoms with Crippen molar-refractivity contribution in [3.8, 4) is 0 Å². The van der Waals surface area contributed by atoms with Crippen LogP contribution in [0.2, 0.25) is 0 Å². The van der Waals surface area contributed by atoms with Crippen molar-refractivity contribution < 1.29 is 22.7 Å². The molecule has 0 bridgehead atoms. The summed E-state index contributed by atoms with van der Waals surface area (Å²) in [5.74, 6) is -1.17. The second-order valence-corrected chi connectivity index (χ2v) is 4.08. The third-order valence-electron chi connectivity index (χ3n) is 2.72. The van der Waals surface area contributed by atoms with Crippen LogP contribution in [0.15, 0.2) is 30.8 Å². The Hall–Kier alpha value is -1.78. The summed E-state index contributed by atoms with van der Waals surface area (Å²) in [4.78, 5) is 11.5. The fourth-order valence-corrected chi connectivity index (χ4v) is 1.55. The van der Waals surface area contributed by atoms with Crippen LogP contribution in [0.25, 0.3) is 5.57 Å². The Morgan fingerprint density at radius 2 is 2.05 bits per heavy atom. The van der Waals surface area contributed by atoms with Crippen molar-refractivity contribution in [2.45, 2.75) is 20.0 Å². The summed E-state index contributed by atoms with van der Waals surface area (Å²) in [6, 6.07) is 4.75. The molecule has 0 spiro atoms. The lowest BCUT2D eigenvalue weighted by Gasteiger charge is -2.15. The highest BCUT2D eigenvalue weighted by molar-refractivity contribution is 5.87. The van der Waals surface area contributed by atoms with Gasteiger partial charge < -0.3 is 4.74 Å². The third kappa shape index (κ3) is 3.84. The Bertz CT molecular complexity index is 478. The van der Waals surface area contributed by atoms with Crippen LogP contribution >= 0.6 is 0 Å². The van der Waals surface area contributed by atoms with Crippen molar-refractivity contribution in [3.05, 3.63) is 42.0 Å². The quantitative estimate of drug-likeness (QED) is 0.776. The molecule has 0 heterocycles. The lowest BCUT2D eigenvalue weighted by atomic mass is 9.94. The Labute approximate surface area is 109 Å². The largest absolute Gasteiger partial charge is 0.466 e. The van der Waals surface area contributed by atoms with Crippen LogP contribution in [0.5, 0.6) is 0 Å². The summed E-state index contributed by atoms with van der Waals surface area (Å²) in [5, 5.41) is 0. The maximum atomic E-state index is 12.6. The number of carbonyl (C=O) groups excluding carboxylic acids is 1. The summed E-state index contributed by atoms with van der Waals surface area (Å²) in [6.45, 7) is 7.12. The lowest BCUT2D eigenvalue weighted by Crippen LogP contribution is -2.16. The molecule has 0 aliphatic heterocycles. The van der Waals surface area contributed by atoms with Gasteiger partial charge in [-0.25, -0.2) is 0 Å². The minimum Gasteiger partial charge on any atom is -0.466 e. The first kappa shape index (κ1) is 15.3. The predicted molar refractivity (Wildman–Crippen MR) is 66.3 cm³/mol. The lowest BCUT2D eigenvalue weighted by molar-refractivity contribution is -0.145. The van der Waals surface area contributed by atoms with Gasteiger partial charge in [0.05, 0.1) is 18.1 Å². The summed E-state index contributed by atoms with van der Waals surface area (Å²) in [6.07, 6.45) is -4.41. The molecule has 0 fully saturated rings. The fraction of sp³-hybridized carbons (Fsp3) is 0.357. The van der Waals surface area contributed by atoms with Crippen LogP contribution in [0.1, 0.15) is 25.0 Å². The van der Waals surface area contributed by atoms with Crippen LogP contribution in [0.3, 0.4) is 0 Å². The minimum absolute atomic E-state index is 0.221. The van der Waals surface area contributed by atoms with Crippen molar-refractivity contribution in [2.75, 3.05) is 6.61 Å². The number of hydrogen-bond donors (Lipinski definition) is 0. The van der Waals surface area contributed by atoms with E-state index in [2.05, 4.69) is 6.58 Å². The number of halogens is 3. The monoisotopic (exact) mass is 272 g/mol. The molecule has 1 aromatic rings. The molecule has 5 heteroatoms. The van der Waals surface area contributed by atoms with Gasteiger partial charge in [0.1, 0.15) is 0 Å². The Morgan fingerprint density at radius 1 is 1.42 bits per heavy atom. The number of hydrogen-bond acceptors (Lipinski definition) is 2. The number of ether oxygens (including phenoxy) is 1. The van der Waals surface area contributed by atoms with Crippen LogP contribution in [-0.2, 0) is 15.7 Å². The van der Waals surface area contributed by atoms with Crippen molar-refractivity contribution >= 4 is 11.5 Å². The van der Waals surface area contributed by atoms with Crippen LogP contribution in [-0.4, -0.2) is 12.6 Å². The van der Waals surface area contributed by atoms with E-state index in [1.807, 2.05) is 0 Å². The summed E-state index contributed by atoms with van der Waals surface area (Å²) >= 11 is 0. The van der Waals surface area contributed by atoms with Gasteiger partial charge in [0.15, 0.2) is 0 Å². The molecule has 0 saturated carbocycles. The molecule has 0 aromatic heterocycles. The minimum atomic E-state index is -4.41. The van der Waals surface area contributed by atoms with E-state index >= 15 is 0 Å². The molecular weight excluding hydrogens is 257 g/mol. The second kappa shape index (κ2) is 5.91. The smallest absolute Gasteiger partial charge is 0.416 e. The van der Waals surface area contributed by atoms with Crippen molar-refractivity contribution in [1.29, 1.82) is 0 Å². The summed E-state index contributed by atoms with van der Waals surface area (Å²) in [7, 11) is 0. The summed E-state index contributed by atoms with van der Waals surface area (Å²) < 4.78 is 42.6. The number of rotatable bonds is 4. The second-order valence-electron chi connectivity index (χ2n) is 4.08. The molecule has 104 valence electrons. The van der Waals surface area contributed by atoms with E-state index in [1.165, 1.54) is 12.1 Å². The van der Waals surface area contributed by atoms with Gasteiger partial charge in [-0.1, -0.05) is 18.7 Å². The highest BCUT2D eigenvalue weighted by atomic mass is 19.4. The standard InChI is InChI=1S/C14H15F3O2/c1-4-19-13(18)10(3)9(2)11-6-5-7-12(8-11)14(15,16)17/h5-8,10H,2,4H2,1,3H3/t10-/m1/s1. The van der Waals surface area contributed by atoms with Crippen molar-refractivity contribution in [3.63, 3.8) is 0 Å². The molecule has 1 aromatic carbocycles. The molecule has 0 saturated heterocycles. The number of benzene rings is 1. The topological polar surface area (TPSA) is 26.3 Å². The van der Waals surface area contributed by atoms with E-state index in [9.17, 15) is 18.0 Å². The van der Waals surface area contributed by atoms with E-state index < -0.39 is 23.6 Å². The zero-order chi connectivity index (χ0) is 14.6. The molecule has 0 amide bonds. The molecular formula is C14H15F3O2. The number of esters is 1. The predicted octanol–water partition coefficient (Wildman–Crippen LogP) is 3.92. The Kier molecular flexibility index (Phi) is 4.75. The van der Waals surface area contributed by atoms with E-state index in [1.54, 1.807) is 13.8 Å². The van der Waals surface area contributed by atoms with E-state index in [4.69, 9.17) is 4.74 Å². The van der Waals surface area contributed by atoms with Gasteiger partial charge in [-0.05, 0) is 37.1 Å². The van der Waals surface area contributed by atoms with Crippen LogP contribution in [0, 0.1) is 5.92 Å². The van der Waals surface area contributed by atoms with Gasteiger partial charge in [-0.15, -0.1) is 0 Å². The molecule has 0 aliphatic carbocycles. The Morgan fingerprint density at radius 3 is 2.58 bits per heavy atom. The molecule has 1 atom stereocenters. The average Bonchev–Trinajstić information content (AvgIpc) is 2.36. The first-order valence-corrected chi connectivity index (χ1v) is 5.80. The Balaban J connectivity index is 2.97. The summed E-state index contributed by atoms with van der Waals surface area (Å²) in [5.41, 5.74) is -0.165.